The van der Waals surface area contributed by atoms with Gasteiger partial charge in [-0.1, -0.05) is 6.92 Å². The Bertz CT molecular complexity index is 721. The molecule has 1 saturated heterocycles. The number of nitriles is 1. The molecule has 1 N–H and O–H groups in total. The minimum atomic E-state index is -3.88. The van der Waals surface area contributed by atoms with Gasteiger partial charge in [-0.3, -0.25) is 4.79 Å². The quantitative estimate of drug-likeness (QED) is 0.908. The van der Waals surface area contributed by atoms with Gasteiger partial charge in [-0.25, -0.2) is 8.42 Å². The first-order chi connectivity index (χ1) is 9.78. The Kier molecular flexibility index (Phi) is 4.03. The minimum absolute atomic E-state index is 0.0573. The molecule has 0 saturated carbocycles. The van der Waals surface area contributed by atoms with Crippen molar-refractivity contribution in [3.63, 3.8) is 0 Å². The van der Waals surface area contributed by atoms with Crippen LogP contribution in [0.4, 0.5) is 0 Å². The van der Waals surface area contributed by atoms with Gasteiger partial charge in [0.1, 0.15) is 6.04 Å². The van der Waals surface area contributed by atoms with E-state index in [1.54, 1.807) is 13.8 Å². The van der Waals surface area contributed by atoms with Gasteiger partial charge in [0.15, 0.2) is 0 Å². The van der Waals surface area contributed by atoms with Crippen molar-refractivity contribution in [2.75, 3.05) is 6.54 Å². The molecule has 1 aromatic carbocycles. The van der Waals surface area contributed by atoms with Gasteiger partial charge >= 0.3 is 5.97 Å². The fourth-order valence-electron chi connectivity index (χ4n) is 2.68. The van der Waals surface area contributed by atoms with Crippen molar-refractivity contribution in [2.45, 2.75) is 31.2 Å². The Morgan fingerprint density at radius 3 is 2.67 bits per heavy atom. The van der Waals surface area contributed by atoms with Crippen LogP contribution in [0.1, 0.15) is 24.5 Å². The van der Waals surface area contributed by atoms with Gasteiger partial charge < -0.3 is 5.11 Å². The van der Waals surface area contributed by atoms with Gasteiger partial charge in [-0.2, -0.15) is 9.57 Å². The van der Waals surface area contributed by atoms with Crippen LogP contribution in [0.5, 0.6) is 0 Å². The second-order valence-electron chi connectivity index (χ2n) is 5.26. The largest absolute Gasteiger partial charge is 0.480 e. The summed E-state index contributed by atoms with van der Waals surface area (Å²) in [5, 5.41) is 18.1. The summed E-state index contributed by atoms with van der Waals surface area (Å²) in [4.78, 5) is 11.4. The molecule has 7 heteroatoms. The zero-order valence-electron chi connectivity index (χ0n) is 11.8. The molecule has 0 bridgehead atoms. The summed E-state index contributed by atoms with van der Waals surface area (Å²) in [6.45, 7) is 3.53. The average molecular weight is 308 g/mol. The summed E-state index contributed by atoms with van der Waals surface area (Å²) in [6.07, 6.45) is 0.519. The van der Waals surface area contributed by atoms with Crippen LogP contribution in [0.15, 0.2) is 23.1 Å². The van der Waals surface area contributed by atoms with Gasteiger partial charge in [0, 0.05) is 6.54 Å². The normalized spacial score (nSPS) is 22.9. The minimum Gasteiger partial charge on any atom is -0.480 e. The second-order valence-corrected chi connectivity index (χ2v) is 7.12. The van der Waals surface area contributed by atoms with Crippen molar-refractivity contribution in [1.29, 1.82) is 5.26 Å². The first kappa shape index (κ1) is 15.5. The molecule has 2 atom stereocenters. The molecule has 0 amide bonds. The summed E-state index contributed by atoms with van der Waals surface area (Å²) in [5.41, 5.74) is 0.814. The van der Waals surface area contributed by atoms with E-state index in [0.29, 0.717) is 17.5 Å². The highest BCUT2D eigenvalue weighted by Crippen LogP contribution is 2.31. The van der Waals surface area contributed by atoms with Crippen LogP contribution in [0.3, 0.4) is 0 Å². The highest BCUT2D eigenvalue weighted by molar-refractivity contribution is 7.89. The van der Waals surface area contributed by atoms with E-state index in [0.717, 1.165) is 4.31 Å². The first-order valence-corrected chi connectivity index (χ1v) is 7.98. The van der Waals surface area contributed by atoms with Gasteiger partial charge in [0.2, 0.25) is 10.0 Å². The Morgan fingerprint density at radius 2 is 2.14 bits per heavy atom. The topological polar surface area (TPSA) is 98.5 Å². The molecular weight excluding hydrogens is 292 g/mol. The standard InChI is InChI=1S/C14H16N2O4S/c1-9-5-6-16(13(9)14(17)18)21(19,20)12-4-3-11(8-15)7-10(12)2/h3-4,7,9,13H,5-6H2,1-2H3,(H,17,18). The van der Waals surface area contributed by atoms with Crippen molar-refractivity contribution in [3.05, 3.63) is 29.3 Å². The van der Waals surface area contributed by atoms with E-state index in [1.807, 2.05) is 6.07 Å². The summed E-state index contributed by atoms with van der Waals surface area (Å²) >= 11 is 0. The van der Waals surface area contributed by atoms with Crippen LogP contribution >= 0.6 is 0 Å². The molecule has 112 valence electrons. The fraction of sp³-hybridized carbons (Fsp3) is 0.429. The Balaban J connectivity index is 2.48. The van der Waals surface area contributed by atoms with E-state index in [-0.39, 0.29) is 17.4 Å². The zero-order valence-corrected chi connectivity index (χ0v) is 12.6. The number of aliphatic carboxylic acids is 1. The molecule has 0 radical (unpaired) electrons. The molecule has 1 fully saturated rings. The second kappa shape index (κ2) is 5.47. The number of nitrogens with zero attached hydrogens (tertiary/aromatic N) is 2. The van der Waals surface area contributed by atoms with Gasteiger partial charge in [0.05, 0.1) is 16.5 Å². The Morgan fingerprint density at radius 1 is 1.48 bits per heavy atom. The SMILES string of the molecule is Cc1cc(C#N)ccc1S(=O)(=O)N1CCC(C)C1C(=O)O. The third-order valence-electron chi connectivity index (χ3n) is 3.80. The highest BCUT2D eigenvalue weighted by Gasteiger charge is 2.44. The third-order valence-corrected chi connectivity index (χ3v) is 5.84. The molecule has 0 aromatic heterocycles. The van der Waals surface area contributed by atoms with Crippen LogP contribution in [0.2, 0.25) is 0 Å². The number of carboxylic acids is 1. The molecule has 0 spiro atoms. The van der Waals surface area contributed by atoms with Gasteiger partial charge in [-0.15, -0.1) is 0 Å². The van der Waals surface area contributed by atoms with Crippen LogP contribution in [-0.4, -0.2) is 36.4 Å². The Labute approximate surface area is 123 Å². The zero-order chi connectivity index (χ0) is 15.8. The van der Waals surface area contributed by atoms with Crippen molar-refractivity contribution in [2.24, 2.45) is 5.92 Å². The van der Waals surface area contributed by atoms with Crippen molar-refractivity contribution >= 4 is 16.0 Å². The van der Waals surface area contributed by atoms with Crippen molar-refractivity contribution in [1.82, 2.24) is 4.31 Å². The molecule has 0 aliphatic carbocycles. The summed E-state index contributed by atoms with van der Waals surface area (Å²) in [7, 11) is -3.88. The molecule has 1 heterocycles. The molecule has 21 heavy (non-hydrogen) atoms. The van der Waals surface area contributed by atoms with Gasteiger partial charge in [0.25, 0.3) is 0 Å². The van der Waals surface area contributed by atoms with Crippen molar-refractivity contribution < 1.29 is 18.3 Å². The smallest absolute Gasteiger partial charge is 0.322 e. The molecule has 1 aromatic rings. The summed E-state index contributed by atoms with van der Waals surface area (Å²) < 4.78 is 26.4. The maximum absolute atomic E-state index is 12.7. The molecule has 6 nitrogen and oxygen atoms in total. The predicted molar refractivity (Wildman–Crippen MR) is 75.0 cm³/mol. The number of benzene rings is 1. The number of sulfonamides is 1. The van der Waals surface area contributed by atoms with E-state index in [9.17, 15) is 18.3 Å². The number of carboxylic acid groups (broad SMARTS) is 1. The monoisotopic (exact) mass is 308 g/mol. The molecule has 2 unspecified atom stereocenters. The van der Waals surface area contributed by atoms with Crippen LogP contribution in [0.25, 0.3) is 0 Å². The lowest BCUT2D eigenvalue weighted by Gasteiger charge is -2.23. The maximum atomic E-state index is 12.7. The molecule has 2 rings (SSSR count). The number of aryl methyl sites for hydroxylation is 1. The van der Waals surface area contributed by atoms with E-state index in [1.165, 1.54) is 18.2 Å². The summed E-state index contributed by atoms with van der Waals surface area (Å²) in [6, 6.07) is 5.19. The fourth-order valence-corrected chi connectivity index (χ4v) is 4.58. The Hall–Kier alpha value is -1.91. The van der Waals surface area contributed by atoms with Gasteiger partial charge in [-0.05, 0) is 43.0 Å². The predicted octanol–water partition coefficient (Wildman–Crippen LogP) is 1.35. The third kappa shape index (κ3) is 2.64. The molecular formula is C14H16N2O4S. The summed E-state index contributed by atoms with van der Waals surface area (Å²) in [5.74, 6) is -1.36. The van der Waals surface area contributed by atoms with Crippen LogP contribution in [-0.2, 0) is 14.8 Å². The van der Waals surface area contributed by atoms with Crippen LogP contribution in [0, 0.1) is 24.2 Å². The highest BCUT2D eigenvalue weighted by atomic mass is 32.2. The lowest BCUT2D eigenvalue weighted by Crippen LogP contribution is -2.42. The van der Waals surface area contributed by atoms with E-state index >= 15 is 0 Å². The van der Waals surface area contributed by atoms with Crippen molar-refractivity contribution in [3.8, 4) is 6.07 Å². The maximum Gasteiger partial charge on any atom is 0.322 e. The molecule has 1 aliphatic rings. The van der Waals surface area contributed by atoms with Crippen LogP contribution < -0.4 is 0 Å². The first-order valence-electron chi connectivity index (χ1n) is 6.54. The number of carbonyl (C=O) groups is 1. The van der Waals surface area contributed by atoms with E-state index < -0.39 is 22.0 Å². The lowest BCUT2D eigenvalue weighted by molar-refractivity contribution is -0.141. The number of hydrogen-bond donors (Lipinski definition) is 1. The molecule has 1 aliphatic heterocycles. The van der Waals surface area contributed by atoms with E-state index in [4.69, 9.17) is 5.26 Å². The number of hydrogen-bond acceptors (Lipinski definition) is 4. The lowest BCUT2D eigenvalue weighted by atomic mass is 10.0. The average Bonchev–Trinajstić information content (AvgIpc) is 2.81. The van der Waals surface area contributed by atoms with E-state index in [2.05, 4.69) is 0 Å². The number of rotatable bonds is 3.